The molecule has 0 spiro atoms. The van der Waals surface area contributed by atoms with Gasteiger partial charge in [-0.05, 0) is 36.8 Å². The van der Waals surface area contributed by atoms with Crippen molar-refractivity contribution < 1.29 is 0 Å². The maximum absolute atomic E-state index is 3.60. The molecular weight excluding hydrogens is 332 g/mol. The SMILES string of the molecule is Cc1ccc(C(c2cccc(Br)c2)N2CCNCC2)s1. The van der Waals surface area contributed by atoms with Gasteiger partial charge in [-0.25, -0.2) is 0 Å². The first-order chi connectivity index (χ1) is 9.74. The molecule has 4 heteroatoms. The summed E-state index contributed by atoms with van der Waals surface area (Å²) >= 11 is 5.52. The van der Waals surface area contributed by atoms with E-state index in [2.05, 4.69) is 69.5 Å². The Kier molecular flexibility index (Phi) is 4.56. The normalized spacial score (nSPS) is 18.1. The summed E-state index contributed by atoms with van der Waals surface area (Å²) in [6.45, 7) is 6.55. The number of thiophene rings is 1. The summed E-state index contributed by atoms with van der Waals surface area (Å²) in [6.07, 6.45) is 0. The molecule has 0 saturated carbocycles. The van der Waals surface area contributed by atoms with Gasteiger partial charge in [0.25, 0.3) is 0 Å². The number of halogens is 1. The van der Waals surface area contributed by atoms with Crippen LogP contribution < -0.4 is 5.32 Å². The number of benzene rings is 1. The molecule has 1 atom stereocenters. The smallest absolute Gasteiger partial charge is 0.0697 e. The van der Waals surface area contributed by atoms with Gasteiger partial charge in [-0.15, -0.1) is 11.3 Å². The first-order valence-corrected chi connectivity index (χ1v) is 8.61. The zero-order chi connectivity index (χ0) is 13.9. The van der Waals surface area contributed by atoms with Crippen molar-refractivity contribution in [1.29, 1.82) is 0 Å². The third-order valence-corrected chi connectivity index (χ3v) is 5.26. The Balaban J connectivity index is 1.98. The van der Waals surface area contributed by atoms with Crippen LogP contribution in [0, 0.1) is 6.92 Å². The van der Waals surface area contributed by atoms with Crippen molar-refractivity contribution in [3.63, 3.8) is 0 Å². The van der Waals surface area contributed by atoms with Gasteiger partial charge in [-0.1, -0.05) is 28.1 Å². The van der Waals surface area contributed by atoms with Crippen molar-refractivity contribution in [2.75, 3.05) is 26.2 Å². The summed E-state index contributed by atoms with van der Waals surface area (Å²) in [5.74, 6) is 0. The number of rotatable bonds is 3. The van der Waals surface area contributed by atoms with E-state index >= 15 is 0 Å². The Labute approximate surface area is 132 Å². The Morgan fingerprint density at radius 3 is 2.65 bits per heavy atom. The van der Waals surface area contributed by atoms with Crippen LogP contribution in [0.15, 0.2) is 40.9 Å². The van der Waals surface area contributed by atoms with Crippen LogP contribution in [0.25, 0.3) is 0 Å². The largest absolute Gasteiger partial charge is 0.314 e. The lowest BCUT2D eigenvalue weighted by Crippen LogP contribution is -2.45. The number of hydrogen-bond donors (Lipinski definition) is 1. The average molecular weight is 351 g/mol. The molecule has 0 aliphatic carbocycles. The third kappa shape index (κ3) is 3.14. The molecule has 1 aromatic carbocycles. The number of aryl methyl sites for hydroxylation is 1. The highest BCUT2D eigenvalue weighted by molar-refractivity contribution is 9.10. The molecule has 20 heavy (non-hydrogen) atoms. The average Bonchev–Trinajstić information content (AvgIpc) is 2.87. The van der Waals surface area contributed by atoms with Gasteiger partial charge in [0.2, 0.25) is 0 Å². The first-order valence-electron chi connectivity index (χ1n) is 7.00. The van der Waals surface area contributed by atoms with Crippen LogP contribution in [0.5, 0.6) is 0 Å². The molecular formula is C16H19BrN2S. The maximum Gasteiger partial charge on any atom is 0.0697 e. The number of nitrogens with zero attached hydrogens (tertiary/aromatic N) is 1. The fourth-order valence-electron chi connectivity index (χ4n) is 2.77. The fraction of sp³-hybridized carbons (Fsp3) is 0.375. The standard InChI is InChI=1S/C16H19BrN2S/c1-12-5-6-15(20-12)16(19-9-7-18-8-10-19)13-3-2-4-14(17)11-13/h2-6,11,16,18H,7-10H2,1H3. The topological polar surface area (TPSA) is 15.3 Å². The monoisotopic (exact) mass is 350 g/mol. The maximum atomic E-state index is 3.60. The Bertz CT molecular complexity index is 575. The second kappa shape index (κ2) is 6.39. The Morgan fingerprint density at radius 2 is 2.00 bits per heavy atom. The number of nitrogens with one attached hydrogen (secondary N) is 1. The molecule has 2 nitrogen and oxygen atoms in total. The van der Waals surface area contributed by atoms with E-state index in [1.54, 1.807) is 0 Å². The Morgan fingerprint density at radius 1 is 1.20 bits per heavy atom. The molecule has 1 fully saturated rings. The van der Waals surface area contributed by atoms with Crippen LogP contribution in [0.4, 0.5) is 0 Å². The minimum Gasteiger partial charge on any atom is -0.314 e. The van der Waals surface area contributed by atoms with Crippen LogP contribution in [0.3, 0.4) is 0 Å². The highest BCUT2D eigenvalue weighted by Crippen LogP contribution is 2.34. The van der Waals surface area contributed by atoms with Crippen molar-refractivity contribution in [1.82, 2.24) is 10.2 Å². The molecule has 1 aromatic heterocycles. The highest BCUT2D eigenvalue weighted by atomic mass is 79.9. The van der Waals surface area contributed by atoms with Gasteiger partial charge in [0, 0.05) is 40.4 Å². The minimum absolute atomic E-state index is 0.383. The first kappa shape index (κ1) is 14.3. The van der Waals surface area contributed by atoms with Gasteiger partial charge in [-0.2, -0.15) is 0 Å². The lowest BCUT2D eigenvalue weighted by molar-refractivity contribution is 0.200. The molecule has 2 aromatic rings. The van der Waals surface area contributed by atoms with Crippen molar-refractivity contribution in [2.24, 2.45) is 0 Å². The van der Waals surface area contributed by atoms with E-state index in [1.807, 2.05) is 11.3 Å². The summed E-state index contributed by atoms with van der Waals surface area (Å²) in [4.78, 5) is 5.42. The minimum atomic E-state index is 0.383. The zero-order valence-electron chi connectivity index (χ0n) is 11.6. The molecule has 1 unspecified atom stereocenters. The van der Waals surface area contributed by atoms with Crippen molar-refractivity contribution in [2.45, 2.75) is 13.0 Å². The van der Waals surface area contributed by atoms with Gasteiger partial charge in [0.05, 0.1) is 6.04 Å². The highest BCUT2D eigenvalue weighted by Gasteiger charge is 2.25. The quantitative estimate of drug-likeness (QED) is 0.905. The van der Waals surface area contributed by atoms with Gasteiger partial charge >= 0.3 is 0 Å². The predicted molar refractivity (Wildman–Crippen MR) is 89.5 cm³/mol. The lowest BCUT2D eigenvalue weighted by atomic mass is 10.0. The van der Waals surface area contributed by atoms with Gasteiger partial charge in [-0.3, -0.25) is 4.90 Å². The van der Waals surface area contributed by atoms with Gasteiger partial charge in [0.15, 0.2) is 0 Å². The van der Waals surface area contributed by atoms with E-state index < -0.39 is 0 Å². The summed E-state index contributed by atoms with van der Waals surface area (Å²) in [5, 5.41) is 3.44. The van der Waals surface area contributed by atoms with E-state index in [4.69, 9.17) is 0 Å². The van der Waals surface area contributed by atoms with E-state index in [0.29, 0.717) is 6.04 Å². The third-order valence-electron chi connectivity index (χ3n) is 3.71. The molecule has 1 aliphatic rings. The number of piperazine rings is 1. The van der Waals surface area contributed by atoms with Crippen LogP contribution in [0.2, 0.25) is 0 Å². The molecule has 1 saturated heterocycles. The summed E-state index contributed by atoms with van der Waals surface area (Å²) in [7, 11) is 0. The van der Waals surface area contributed by atoms with Crippen LogP contribution in [0.1, 0.15) is 21.4 Å². The molecule has 0 radical (unpaired) electrons. The fourth-order valence-corrected chi connectivity index (χ4v) is 4.23. The van der Waals surface area contributed by atoms with E-state index in [0.717, 1.165) is 30.7 Å². The van der Waals surface area contributed by atoms with Crippen molar-refractivity contribution >= 4 is 27.3 Å². The van der Waals surface area contributed by atoms with Crippen LogP contribution in [-0.2, 0) is 0 Å². The van der Waals surface area contributed by atoms with Gasteiger partial charge < -0.3 is 5.32 Å². The number of hydrogen-bond acceptors (Lipinski definition) is 3. The molecule has 0 amide bonds. The summed E-state index contributed by atoms with van der Waals surface area (Å²) < 4.78 is 1.16. The van der Waals surface area contributed by atoms with E-state index in [9.17, 15) is 0 Å². The van der Waals surface area contributed by atoms with Crippen LogP contribution in [-0.4, -0.2) is 31.1 Å². The molecule has 3 rings (SSSR count). The molecule has 1 N–H and O–H groups in total. The Hall–Kier alpha value is -0.680. The molecule has 106 valence electrons. The van der Waals surface area contributed by atoms with Gasteiger partial charge in [0.1, 0.15) is 0 Å². The predicted octanol–water partition coefficient (Wildman–Crippen LogP) is 3.81. The van der Waals surface area contributed by atoms with Crippen molar-refractivity contribution in [3.8, 4) is 0 Å². The summed E-state index contributed by atoms with van der Waals surface area (Å²) in [5.41, 5.74) is 1.38. The lowest BCUT2D eigenvalue weighted by Gasteiger charge is -2.34. The second-order valence-electron chi connectivity index (χ2n) is 5.19. The van der Waals surface area contributed by atoms with Crippen LogP contribution >= 0.6 is 27.3 Å². The molecule has 1 aliphatic heterocycles. The summed E-state index contributed by atoms with van der Waals surface area (Å²) in [6, 6.07) is 13.6. The van der Waals surface area contributed by atoms with E-state index in [-0.39, 0.29) is 0 Å². The molecule has 0 bridgehead atoms. The van der Waals surface area contributed by atoms with Crippen molar-refractivity contribution in [3.05, 3.63) is 56.2 Å². The van der Waals surface area contributed by atoms with E-state index in [1.165, 1.54) is 15.3 Å². The zero-order valence-corrected chi connectivity index (χ0v) is 14.0. The molecule has 2 heterocycles. The second-order valence-corrected chi connectivity index (χ2v) is 7.43.